The SMILES string of the molecule is Cc1cccc(OCCNC(=O)c2c(F)cccc2Cl)c1C. The smallest absolute Gasteiger partial charge is 0.255 e. The van der Waals surface area contributed by atoms with Gasteiger partial charge in [0, 0.05) is 0 Å². The Kier molecular flexibility index (Phi) is 5.39. The van der Waals surface area contributed by atoms with Crippen LogP contribution >= 0.6 is 11.6 Å². The van der Waals surface area contributed by atoms with Gasteiger partial charge in [-0.3, -0.25) is 4.79 Å². The van der Waals surface area contributed by atoms with Gasteiger partial charge in [-0.25, -0.2) is 4.39 Å². The summed E-state index contributed by atoms with van der Waals surface area (Å²) >= 11 is 5.84. The Balaban J connectivity index is 1.89. The molecular formula is C17H17ClFNO2. The first kappa shape index (κ1) is 16.3. The van der Waals surface area contributed by atoms with E-state index >= 15 is 0 Å². The van der Waals surface area contributed by atoms with E-state index in [4.69, 9.17) is 16.3 Å². The molecule has 0 aliphatic rings. The quantitative estimate of drug-likeness (QED) is 0.848. The normalized spacial score (nSPS) is 10.4. The second-order valence-corrected chi connectivity index (χ2v) is 5.31. The van der Waals surface area contributed by atoms with Gasteiger partial charge in [0.2, 0.25) is 0 Å². The molecule has 116 valence electrons. The zero-order valence-corrected chi connectivity index (χ0v) is 13.2. The van der Waals surface area contributed by atoms with Crippen LogP contribution in [-0.4, -0.2) is 19.1 Å². The Morgan fingerprint density at radius 1 is 1.23 bits per heavy atom. The van der Waals surface area contributed by atoms with Gasteiger partial charge in [-0.15, -0.1) is 0 Å². The summed E-state index contributed by atoms with van der Waals surface area (Å²) in [6.45, 7) is 4.53. The Labute approximate surface area is 134 Å². The van der Waals surface area contributed by atoms with Gasteiger partial charge >= 0.3 is 0 Å². The van der Waals surface area contributed by atoms with Gasteiger partial charge in [0.05, 0.1) is 17.1 Å². The fourth-order valence-corrected chi connectivity index (χ4v) is 2.26. The summed E-state index contributed by atoms with van der Waals surface area (Å²) in [6.07, 6.45) is 0. The Hall–Kier alpha value is -2.07. The highest BCUT2D eigenvalue weighted by Gasteiger charge is 2.15. The number of aryl methyl sites for hydroxylation is 1. The van der Waals surface area contributed by atoms with Crippen LogP contribution in [0.2, 0.25) is 5.02 Å². The summed E-state index contributed by atoms with van der Waals surface area (Å²) < 4.78 is 19.2. The van der Waals surface area contributed by atoms with E-state index in [-0.39, 0.29) is 17.1 Å². The number of carbonyl (C=O) groups is 1. The fraction of sp³-hybridized carbons (Fsp3) is 0.235. The average Bonchev–Trinajstić information content (AvgIpc) is 2.47. The van der Waals surface area contributed by atoms with E-state index in [2.05, 4.69) is 5.32 Å². The molecule has 3 nitrogen and oxygen atoms in total. The molecule has 0 aliphatic carbocycles. The van der Waals surface area contributed by atoms with Crippen molar-refractivity contribution in [2.24, 2.45) is 0 Å². The molecule has 0 aromatic heterocycles. The standard InChI is InChI=1S/C17H17ClFNO2/c1-11-5-3-8-15(12(11)2)22-10-9-20-17(21)16-13(18)6-4-7-14(16)19/h3-8H,9-10H2,1-2H3,(H,20,21). The minimum atomic E-state index is -0.638. The van der Waals surface area contributed by atoms with Gasteiger partial charge in [-0.1, -0.05) is 29.8 Å². The third-order valence-corrected chi connectivity index (χ3v) is 3.70. The molecule has 0 bridgehead atoms. The van der Waals surface area contributed by atoms with E-state index in [0.29, 0.717) is 6.61 Å². The van der Waals surface area contributed by atoms with Crippen molar-refractivity contribution in [2.45, 2.75) is 13.8 Å². The molecule has 0 aliphatic heterocycles. The molecule has 22 heavy (non-hydrogen) atoms. The van der Waals surface area contributed by atoms with Gasteiger partial charge in [0.1, 0.15) is 18.2 Å². The number of halogens is 2. The number of ether oxygens (including phenoxy) is 1. The first-order valence-electron chi connectivity index (χ1n) is 6.92. The molecule has 0 unspecified atom stereocenters. The minimum absolute atomic E-state index is 0.0907. The lowest BCUT2D eigenvalue weighted by molar-refractivity contribution is 0.0943. The van der Waals surface area contributed by atoms with Gasteiger partial charge in [0.25, 0.3) is 5.91 Å². The molecule has 2 aromatic rings. The van der Waals surface area contributed by atoms with E-state index in [0.717, 1.165) is 16.9 Å². The molecule has 0 radical (unpaired) electrons. The minimum Gasteiger partial charge on any atom is -0.491 e. The maximum absolute atomic E-state index is 13.6. The molecule has 5 heteroatoms. The molecule has 0 heterocycles. The van der Waals surface area contributed by atoms with Gasteiger partial charge in [0.15, 0.2) is 0 Å². The summed E-state index contributed by atoms with van der Waals surface area (Å²) in [7, 11) is 0. The van der Waals surface area contributed by atoms with Crippen molar-refractivity contribution in [3.8, 4) is 5.75 Å². The molecular weight excluding hydrogens is 305 g/mol. The number of nitrogens with one attached hydrogen (secondary N) is 1. The average molecular weight is 322 g/mol. The third-order valence-electron chi connectivity index (χ3n) is 3.39. The molecule has 0 saturated carbocycles. The predicted octanol–water partition coefficient (Wildman–Crippen LogP) is 3.90. The van der Waals surface area contributed by atoms with E-state index in [1.165, 1.54) is 18.2 Å². The highest BCUT2D eigenvalue weighted by Crippen LogP contribution is 2.20. The van der Waals surface area contributed by atoms with Crippen LogP contribution in [-0.2, 0) is 0 Å². The Morgan fingerprint density at radius 3 is 2.68 bits per heavy atom. The summed E-state index contributed by atoms with van der Waals surface area (Å²) in [5, 5.41) is 2.69. The van der Waals surface area contributed by atoms with Crippen LogP contribution < -0.4 is 10.1 Å². The maximum atomic E-state index is 13.6. The molecule has 2 aromatic carbocycles. The predicted molar refractivity (Wildman–Crippen MR) is 85.2 cm³/mol. The topological polar surface area (TPSA) is 38.3 Å². The zero-order valence-electron chi connectivity index (χ0n) is 12.5. The lowest BCUT2D eigenvalue weighted by Gasteiger charge is -2.12. The molecule has 0 saturated heterocycles. The molecule has 0 atom stereocenters. The third kappa shape index (κ3) is 3.77. The van der Waals surface area contributed by atoms with Gasteiger partial charge in [-0.2, -0.15) is 0 Å². The van der Waals surface area contributed by atoms with Crippen molar-refractivity contribution >= 4 is 17.5 Å². The zero-order chi connectivity index (χ0) is 16.1. The fourth-order valence-electron chi connectivity index (χ4n) is 2.01. The van der Waals surface area contributed by atoms with Crippen molar-refractivity contribution in [1.82, 2.24) is 5.32 Å². The van der Waals surface area contributed by atoms with Gasteiger partial charge in [-0.05, 0) is 43.2 Å². The molecule has 1 amide bonds. The first-order valence-corrected chi connectivity index (χ1v) is 7.29. The highest BCUT2D eigenvalue weighted by molar-refractivity contribution is 6.33. The second-order valence-electron chi connectivity index (χ2n) is 4.90. The number of hydrogen-bond donors (Lipinski definition) is 1. The van der Waals surface area contributed by atoms with Crippen LogP contribution in [0.15, 0.2) is 36.4 Å². The Bertz CT molecular complexity index is 668. The number of amides is 1. The van der Waals surface area contributed by atoms with Crippen molar-refractivity contribution in [2.75, 3.05) is 13.2 Å². The molecule has 0 spiro atoms. The largest absolute Gasteiger partial charge is 0.491 e. The lowest BCUT2D eigenvalue weighted by Crippen LogP contribution is -2.29. The molecule has 1 N–H and O–H groups in total. The van der Waals surface area contributed by atoms with Crippen LogP contribution in [0.25, 0.3) is 0 Å². The van der Waals surface area contributed by atoms with E-state index < -0.39 is 11.7 Å². The van der Waals surface area contributed by atoms with Crippen LogP contribution in [0.1, 0.15) is 21.5 Å². The number of benzene rings is 2. The second kappa shape index (κ2) is 7.27. The molecule has 2 rings (SSSR count). The van der Waals surface area contributed by atoms with Crippen molar-refractivity contribution in [1.29, 1.82) is 0 Å². The monoisotopic (exact) mass is 321 g/mol. The summed E-state index contributed by atoms with van der Waals surface area (Å²) in [5.41, 5.74) is 2.06. The summed E-state index contributed by atoms with van der Waals surface area (Å²) in [5.74, 6) is -0.411. The Morgan fingerprint density at radius 2 is 1.95 bits per heavy atom. The van der Waals surface area contributed by atoms with Crippen molar-refractivity contribution in [3.05, 3.63) is 63.9 Å². The van der Waals surface area contributed by atoms with Gasteiger partial charge < -0.3 is 10.1 Å². The maximum Gasteiger partial charge on any atom is 0.255 e. The van der Waals surface area contributed by atoms with E-state index in [1.807, 2.05) is 32.0 Å². The van der Waals surface area contributed by atoms with E-state index in [9.17, 15) is 9.18 Å². The van der Waals surface area contributed by atoms with Crippen molar-refractivity contribution < 1.29 is 13.9 Å². The number of rotatable bonds is 5. The van der Waals surface area contributed by atoms with Crippen LogP contribution in [0.3, 0.4) is 0 Å². The number of carbonyl (C=O) groups excluding carboxylic acids is 1. The van der Waals surface area contributed by atoms with Crippen LogP contribution in [0.5, 0.6) is 5.75 Å². The molecule has 0 fully saturated rings. The van der Waals surface area contributed by atoms with E-state index in [1.54, 1.807) is 0 Å². The summed E-state index contributed by atoms with van der Waals surface area (Å²) in [4.78, 5) is 11.9. The number of hydrogen-bond acceptors (Lipinski definition) is 2. The lowest BCUT2D eigenvalue weighted by atomic mass is 10.1. The van der Waals surface area contributed by atoms with Crippen molar-refractivity contribution in [3.63, 3.8) is 0 Å². The summed E-state index contributed by atoms with van der Waals surface area (Å²) in [6, 6.07) is 9.93. The van der Waals surface area contributed by atoms with Crippen LogP contribution in [0, 0.1) is 19.7 Å². The first-order chi connectivity index (χ1) is 10.5. The van der Waals surface area contributed by atoms with Crippen LogP contribution in [0.4, 0.5) is 4.39 Å². The highest BCUT2D eigenvalue weighted by atomic mass is 35.5.